The lowest BCUT2D eigenvalue weighted by molar-refractivity contribution is 0.0955. The van der Waals surface area contributed by atoms with Crippen LogP contribution in [0.3, 0.4) is 0 Å². The van der Waals surface area contributed by atoms with E-state index in [0.717, 1.165) is 17.7 Å². The van der Waals surface area contributed by atoms with Crippen molar-refractivity contribution in [3.63, 3.8) is 0 Å². The van der Waals surface area contributed by atoms with Crippen molar-refractivity contribution in [2.45, 2.75) is 20.3 Å². The second kappa shape index (κ2) is 10.1. The summed E-state index contributed by atoms with van der Waals surface area (Å²) < 4.78 is 16.3. The molecule has 2 aromatic rings. The number of ether oxygens (including phenoxy) is 3. The Hall–Kier alpha value is -3.02. The molecule has 6 heteroatoms. The van der Waals surface area contributed by atoms with Crippen LogP contribution in [0.15, 0.2) is 47.6 Å². The van der Waals surface area contributed by atoms with E-state index in [1.165, 1.54) is 0 Å². The van der Waals surface area contributed by atoms with Crippen molar-refractivity contribution in [3.8, 4) is 17.2 Å². The van der Waals surface area contributed by atoms with Crippen LogP contribution < -0.4 is 19.6 Å². The number of rotatable bonds is 9. The maximum atomic E-state index is 12.1. The monoisotopic (exact) mass is 356 g/mol. The summed E-state index contributed by atoms with van der Waals surface area (Å²) in [7, 11) is 1.59. The first kappa shape index (κ1) is 19.3. The number of nitrogens with one attached hydrogen (secondary N) is 1. The summed E-state index contributed by atoms with van der Waals surface area (Å²) in [6.45, 7) is 5.13. The molecular formula is C20H24N2O4. The zero-order chi connectivity index (χ0) is 18.8. The topological polar surface area (TPSA) is 69.2 Å². The predicted octanol–water partition coefficient (Wildman–Crippen LogP) is 3.65. The van der Waals surface area contributed by atoms with Crippen LogP contribution in [0.1, 0.15) is 36.2 Å². The summed E-state index contributed by atoms with van der Waals surface area (Å²) in [4.78, 5) is 12.1. The number of hydrogen-bond donors (Lipinski definition) is 1. The smallest absolute Gasteiger partial charge is 0.271 e. The van der Waals surface area contributed by atoms with Gasteiger partial charge in [-0.25, -0.2) is 5.43 Å². The van der Waals surface area contributed by atoms with Gasteiger partial charge in [0, 0.05) is 5.56 Å². The summed E-state index contributed by atoms with van der Waals surface area (Å²) in [5.74, 6) is 1.74. The molecule has 0 bridgehead atoms. The second-order valence-electron chi connectivity index (χ2n) is 5.42. The van der Waals surface area contributed by atoms with Crippen LogP contribution in [0.2, 0.25) is 0 Å². The minimum Gasteiger partial charge on any atom is -0.494 e. The third-order valence-corrected chi connectivity index (χ3v) is 3.46. The summed E-state index contributed by atoms with van der Waals surface area (Å²) in [6, 6.07) is 12.4. The fourth-order valence-corrected chi connectivity index (χ4v) is 2.19. The van der Waals surface area contributed by atoms with E-state index in [-0.39, 0.29) is 5.91 Å². The highest BCUT2D eigenvalue weighted by atomic mass is 16.5. The first-order chi connectivity index (χ1) is 12.7. The van der Waals surface area contributed by atoms with Crippen LogP contribution in [0.25, 0.3) is 0 Å². The van der Waals surface area contributed by atoms with Gasteiger partial charge in [0.05, 0.1) is 26.5 Å². The molecule has 1 N–H and O–H groups in total. The highest BCUT2D eigenvalue weighted by molar-refractivity contribution is 5.95. The molecule has 0 aromatic heterocycles. The molecule has 0 unspecified atom stereocenters. The van der Waals surface area contributed by atoms with Gasteiger partial charge in [0.1, 0.15) is 5.75 Å². The Morgan fingerprint density at radius 2 is 1.85 bits per heavy atom. The molecule has 0 saturated carbocycles. The van der Waals surface area contributed by atoms with E-state index in [2.05, 4.69) is 10.5 Å². The van der Waals surface area contributed by atoms with Gasteiger partial charge in [-0.05, 0) is 61.4 Å². The molecule has 0 heterocycles. The molecular weight excluding hydrogens is 332 g/mol. The van der Waals surface area contributed by atoms with Crippen molar-refractivity contribution < 1.29 is 19.0 Å². The summed E-state index contributed by atoms with van der Waals surface area (Å²) in [5, 5.41) is 3.99. The third-order valence-electron chi connectivity index (χ3n) is 3.46. The van der Waals surface area contributed by atoms with Crippen LogP contribution in [0.5, 0.6) is 17.2 Å². The number of carbonyl (C=O) groups excluding carboxylic acids is 1. The Labute approximate surface area is 153 Å². The van der Waals surface area contributed by atoms with Crippen LogP contribution in [-0.2, 0) is 0 Å². The van der Waals surface area contributed by atoms with Crippen molar-refractivity contribution in [2.24, 2.45) is 5.10 Å². The normalized spacial score (nSPS) is 10.6. The van der Waals surface area contributed by atoms with Crippen molar-refractivity contribution in [2.75, 3.05) is 20.3 Å². The van der Waals surface area contributed by atoms with Gasteiger partial charge in [0.2, 0.25) is 0 Å². The van der Waals surface area contributed by atoms with Crippen LogP contribution in [0, 0.1) is 0 Å². The van der Waals surface area contributed by atoms with E-state index in [1.54, 1.807) is 49.7 Å². The molecule has 0 fully saturated rings. The first-order valence-electron chi connectivity index (χ1n) is 8.55. The zero-order valence-corrected chi connectivity index (χ0v) is 15.3. The fraction of sp³-hybridized carbons (Fsp3) is 0.300. The zero-order valence-electron chi connectivity index (χ0n) is 15.3. The number of benzene rings is 2. The molecule has 1 amide bonds. The molecule has 2 aromatic carbocycles. The number of amides is 1. The third kappa shape index (κ3) is 5.51. The van der Waals surface area contributed by atoms with E-state index in [1.807, 2.05) is 19.9 Å². The van der Waals surface area contributed by atoms with E-state index in [9.17, 15) is 4.79 Å². The lowest BCUT2D eigenvalue weighted by atomic mass is 10.2. The van der Waals surface area contributed by atoms with Crippen LogP contribution >= 0.6 is 0 Å². The van der Waals surface area contributed by atoms with Crippen molar-refractivity contribution in [3.05, 3.63) is 53.6 Å². The van der Waals surface area contributed by atoms with Gasteiger partial charge in [-0.3, -0.25) is 4.79 Å². The minimum absolute atomic E-state index is 0.290. The molecule has 2 rings (SSSR count). The summed E-state index contributed by atoms with van der Waals surface area (Å²) >= 11 is 0. The van der Waals surface area contributed by atoms with Gasteiger partial charge in [-0.1, -0.05) is 6.92 Å². The molecule has 0 atom stereocenters. The lowest BCUT2D eigenvalue weighted by Crippen LogP contribution is -2.17. The predicted molar refractivity (Wildman–Crippen MR) is 101 cm³/mol. The Balaban J connectivity index is 1.97. The number of nitrogens with zero attached hydrogens (tertiary/aromatic N) is 1. The molecule has 0 radical (unpaired) electrons. The molecule has 0 aliphatic rings. The second-order valence-corrected chi connectivity index (χ2v) is 5.42. The number of carbonyl (C=O) groups is 1. The van der Waals surface area contributed by atoms with E-state index < -0.39 is 0 Å². The maximum absolute atomic E-state index is 12.1. The molecule has 138 valence electrons. The van der Waals surface area contributed by atoms with Gasteiger partial charge in [0.15, 0.2) is 11.5 Å². The molecule has 26 heavy (non-hydrogen) atoms. The lowest BCUT2D eigenvalue weighted by Gasteiger charge is -2.09. The number of methoxy groups -OCH3 is 1. The Bertz CT molecular complexity index is 742. The van der Waals surface area contributed by atoms with E-state index in [0.29, 0.717) is 30.3 Å². The number of hydrazone groups is 1. The van der Waals surface area contributed by atoms with E-state index in [4.69, 9.17) is 14.2 Å². The Morgan fingerprint density at radius 3 is 2.50 bits per heavy atom. The van der Waals surface area contributed by atoms with Gasteiger partial charge in [-0.15, -0.1) is 0 Å². The SMILES string of the molecule is CCCOc1ccc(C(=O)N/N=C/c2ccc(OC)c(OCC)c2)cc1. The fourth-order valence-electron chi connectivity index (χ4n) is 2.19. The minimum atomic E-state index is -0.290. The highest BCUT2D eigenvalue weighted by Gasteiger charge is 2.06. The highest BCUT2D eigenvalue weighted by Crippen LogP contribution is 2.27. The Kier molecular flexibility index (Phi) is 7.49. The molecule has 0 saturated heterocycles. The van der Waals surface area contributed by atoms with Crippen molar-refractivity contribution in [1.82, 2.24) is 5.43 Å². The number of hydrogen-bond acceptors (Lipinski definition) is 5. The quantitative estimate of drug-likeness (QED) is 0.550. The van der Waals surface area contributed by atoms with Gasteiger partial charge < -0.3 is 14.2 Å². The average Bonchev–Trinajstić information content (AvgIpc) is 2.67. The van der Waals surface area contributed by atoms with E-state index >= 15 is 0 Å². The maximum Gasteiger partial charge on any atom is 0.271 e. The largest absolute Gasteiger partial charge is 0.494 e. The standard InChI is InChI=1S/C20H24N2O4/c1-4-12-26-17-9-7-16(8-10-17)20(23)22-21-14-15-6-11-18(24-3)19(13-15)25-5-2/h6-11,13-14H,4-5,12H2,1-3H3,(H,22,23)/b21-14+. The molecule has 0 spiro atoms. The van der Waals surface area contributed by atoms with Gasteiger partial charge in [-0.2, -0.15) is 5.10 Å². The van der Waals surface area contributed by atoms with Crippen molar-refractivity contribution >= 4 is 12.1 Å². The van der Waals surface area contributed by atoms with Gasteiger partial charge >= 0.3 is 0 Å². The molecule has 6 nitrogen and oxygen atoms in total. The van der Waals surface area contributed by atoms with Crippen molar-refractivity contribution in [1.29, 1.82) is 0 Å². The molecule has 0 aliphatic carbocycles. The Morgan fingerprint density at radius 1 is 1.08 bits per heavy atom. The van der Waals surface area contributed by atoms with Crippen LogP contribution in [-0.4, -0.2) is 32.4 Å². The summed E-state index contributed by atoms with van der Waals surface area (Å²) in [5.41, 5.74) is 3.81. The van der Waals surface area contributed by atoms with Gasteiger partial charge in [0.25, 0.3) is 5.91 Å². The average molecular weight is 356 g/mol. The first-order valence-corrected chi connectivity index (χ1v) is 8.55. The van der Waals surface area contributed by atoms with Crippen LogP contribution in [0.4, 0.5) is 0 Å². The molecule has 0 aliphatic heterocycles. The summed E-state index contributed by atoms with van der Waals surface area (Å²) in [6.07, 6.45) is 2.49.